The van der Waals surface area contributed by atoms with Gasteiger partial charge >= 0.3 is 5.97 Å². The first-order valence-corrected chi connectivity index (χ1v) is 5.42. The number of carbonyl (C=O) groups excluding carboxylic acids is 1. The Morgan fingerprint density at radius 2 is 2.11 bits per heavy atom. The van der Waals surface area contributed by atoms with Crippen molar-refractivity contribution in [3.63, 3.8) is 0 Å². The van der Waals surface area contributed by atoms with Gasteiger partial charge in [-0.2, -0.15) is 0 Å². The molecule has 18 heavy (non-hydrogen) atoms. The minimum Gasteiger partial charge on any atom is -0.465 e. The molecule has 0 heterocycles. The van der Waals surface area contributed by atoms with E-state index in [1.54, 1.807) is 0 Å². The summed E-state index contributed by atoms with van der Waals surface area (Å²) in [5.41, 5.74) is -0.401. The summed E-state index contributed by atoms with van der Waals surface area (Å²) >= 11 is 0. The van der Waals surface area contributed by atoms with Crippen LogP contribution in [0.25, 0.3) is 0 Å². The largest absolute Gasteiger partial charge is 0.465 e. The van der Waals surface area contributed by atoms with Crippen LogP contribution in [0.5, 0.6) is 0 Å². The fraction of sp³-hybridized carbons (Fsp3) is 0.417. The average molecular weight is 255 g/mol. The number of nitro groups is 1. The molecule has 0 saturated carbocycles. The average Bonchev–Trinajstić information content (AvgIpc) is 2.27. The molecule has 0 atom stereocenters. The molecule has 5 nitrogen and oxygen atoms in total. The van der Waals surface area contributed by atoms with E-state index in [1.807, 2.05) is 13.8 Å². The van der Waals surface area contributed by atoms with Crippen LogP contribution in [0.3, 0.4) is 0 Å². The Hall–Kier alpha value is -1.98. The summed E-state index contributed by atoms with van der Waals surface area (Å²) in [5, 5.41) is 10.9. The van der Waals surface area contributed by atoms with Crippen LogP contribution in [0.15, 0.2) is 12.1 Å². The number of nitrogens with zero attached hydrogens (tertiary/aromatic N) is 1. The lowest BCUT2D eigenvalue weighted by Crippen LogP contribution is -2.08. The van der Waals surface area contributed by atoms with Gasteiger partial charge in [0, 0.05) is 11.6 Å². The number of hydrogen-bond acceptors (Lipinski definition) is 4. The Morgan fingerprint density at radius 3 is 2.56 bits per heavy atom. The van der Waals surface area contributed by atoms with Gasteiger partial charge in [0.25, 0.3) is 5.69 Å². The van der Waals surface area contributed by atoms with E-state index in [1.165, 1.54) is 0 Å². The lowest BCUT2D eigenvalue weighted by molar-refractivity contribution is -0.385. The zero-order valence-electron chi connectivity index (χ0n) is 10.4. The molecule has 1 aromatic rings. The molecule has 0 fully saturated rings. The van der Waals surface area contributed by atoms with Crippen LogP contribution in [0.1, 0.15) is 29.8 Å². The monoisotopic (exact) mass is 255 g/mol. The molecule has 0 aliphatic carbocycles. The maximum Gasteiger partial charge on any atom is 0.341 e. The summed E-state index contributed by atoms with van der Waals surface area (Å²) in [5.74, 6) is -1.58. The molecule has 0 aliphatic rings. The number of hydrogen-bond donors (Lipinski definition) is 0. The molecule has 0 bridgehead atoms. The highest BCUT2D eigenvalue weighted by Crippen LogP contribution is 2.25. The second-order valence-electron chi connectivity index (χ2n) is 4.31. The molecule has 1 rings (SSSR count). The number of rotatable bonds is 4. The highest BCUT2D eigenvalue weighted by molar-refractivity contribution is 5.90. The molecule has 6 heteroatoms. The number of nitro benzene ring substituents is 1. The van der Waals surface area contributed by atoms with Crippen molar-refractivity contribution in [3.8, 4) is 0 Å². The molecular formula is C12H14FNO4. The molecule has 98 valence electrons. The van der Waals surface area contributed by atoms with Gasteiger partial charge < -0.3 is 4.74 Å². The molecule has 0 aliphatic heterocycles. The molecule has 0 aromatic heterocycles. The molecule has 0 spiro atoms. The standard InChI is InChI=1S/C12H14FNO4/c1-7(2)4-8-5-10(13)9(12(15)18-3)6-11(8)14(16)17/h5-7H,4H2,1-3H3. The van der Waals surface area contributed by atoms with Crippen LogP contribution in [-0.2, 0) is 11.2 Å². The zero-order valence-corrected chi connectivity index (χ0v) is 10.4. The SMILES string of the molecule is COC(=O)c1cc([N+](=O)[O-])c(CC(C)C)cc1F. The lowest BCUT2D eigenvalue weighted by atomic mass is 9.99. The van der Waals surface area contributed by atoms with Gasteiger partial charge in [-0.3, -0.25) is 10.1 Å². The summed E-state index contributed by atoms with van der Waals surface area (Å²) < 4.78 is 18.0. The summed E-state index contributed by atoms with van der Waals surface area (Å²) in [6.45, 7) is 3.74. The van der Waals surface area contributed by atoms with Crippen LogP contribution in [0, 0.1) is 21.8 Å². The van der Waals surface area contributed by atoms with Crippen LogP contribution >= 0.6 is 0 Å². The second kappa shape index (κ2) is 5.57. The first kappa shape index (κ1) is 14.1. The predicted molar refractivity (Wildman–Crippen MR) is 62.9 cm³/mol. The maximum absolute atomic E-state index is 13.7. The minimum atomic E-state index is -0.924. The molecule has 1 aromatic carbocycles. The van der Waals surface area contributed by atoms with Gasteiger partial charge in [0.15, 0.2) is 0 Å². The molecule has 0 radical (unpaired) electrons. The minimum absolute atomic E-state index is 0.145. The molecule has 0 saturated heterocycles. The quantitative estimate of drug-likeness (QED) is 0.471. The third kappa shape index (κ3) is 3.03. The number of carbonyl (C=O) groups is 1. The van der Waals surface area contributed by atoms with Crippen LogP contribution in [0.2, 0.25) is 0 Å². The van der Waals surface area contributed by atoms with Crippen molar-refractivity contribution in [1.29, 1.82) is 0 Å². The normalized spacial score (nSPS) is 10.5. The zero-order chi connectivity index (χ0) is 13.9. The summed E-state index contributed by atoms with van der Waals surface area (Å²) in [4.78, 5) is 21.5. The summed E-state index contributed by atoms with van der Waals surface area (Å²) in [6, 6.07) is 1.96. The predicted octanol–water partition coefficient (Wildman–Crippen LogP) is 2.72. The van der Waals surface area contributed by atoms with Crippen LogP contribution in [0.4, 0.5) is 10.1 Å². The molecular weight excluding hydrogens is 241 g/mol. The van der Waals surface area contributed by atoms with E-state index in [2.05, 4.69) is 4.74 Å². The van der Waals surface area contributed by atoms with Gasteiger partial charge in [0.05, 0.1) is 12.0 Å². The van der Waals surface area contributed by atoms with Crippen molar-refractivity contribution < 1.29 is 18.8 Å². The summed E-state index contributed by atoms with van der Waals surface area (Å²) in [6.07, 6.45) is 0.370. The van der Waals surface area contributed by atoms with E-state index in [9.17, 15) is 19.3 Å². The van der Waals surface area contributed by atoms with E-state index in [0.29, 0.717) is 6.42 Å². The third-order valence-corrected chi connectivity index (χ3v) is 2.40. The Balaban J connectivity index is 3.34. The Bertz CT molecular complexity index is 485. The van der Waals surface area contributed by atoms with Gasteiger partial charge in [0.1, 0.15) is 11.4 Å². The highest BCUT2D eigenvalue weighted by atomic mass is 19.1. The number of methoxy groups -OCH3 is 1. The lowest BCUT2D eigenvalue weighted by Gasteiger charge is -2.08. The Kier molecular flexibility index (Phi) is 4.36. The molecule has 0 amide bonds. The van der Waals surface area contributed by atoms with Crippen molar-refractivity contribution in [3.05, 3.63) is 39.2 Å². The van der Waals surface area contributed by atoms with Crippen molar-refractivity contribution in [2.45, 2.75) is 20.3 Å². The summed E-state index contributed by atoms with van der Waals surface area (Å²) in [7, 11) is 1.09. The van der Waals surface area contributed by atoms with E-state index in [0.717, 1.165) is 19.2 Å². The number of halogens is 1. The van der Waals surface area contributed by atoms with E-state index in [4.69, 9.17) is 0 Å². The van der Waals surface area contributed by atoms with Crippen molar-refractivity contribution >= 4 is 11.7 Å². The van der Waals surface area contributed by atoms with Crippen molar-refractivity contribution in [1.82, 2.24) is 0 Å². The number of esters is 1. The Morgan fingerprint density at radius 1 is 1.50 bits per heavy atom. The first-order valence-electron chi connectivity index (χ1n) is 5.42. The molecule has 0 unspecified atom stereocenters. The van der Waals surface area contributed by atoms with Gasteiger partial charge in [-0.1, -0.05) is 13.8 Å². The van der Waals surface area contributed by atoms with Crippen LogP contribution < -0.4 is 0 Å². The van der Waals surface area contributed by atoms with Gasteiger partial charge in [-0.25, -0.2) is 9.18 Å². The topological polar surface area (TPSA) is 69.4 Å². The smallest absolute Gasteiger partial charge is 0.341 e. The fourth-order valence-corrected chi connectivity index (χ4v) is 1.64. The highest BCUT2D eigenvalue weighted by Gasteiger charge is 2.22. The number of benzene rings is 1. The van der Waals surface area contributed by atoms with E-state index < -0.39 is 22.3 Å². The van der Waals surface area contributed by atoms with Crippen LogP contribution in [-0.4, -0.2) is 18.0 Å². The van der Waals surface area contributed by atoms with E-state index in [-0.39, 0.29) is 17.2 Å². The Labute approximate surface area is 104 Å². The van der Waals surface area contributed by atoms with Crippen molar-refractivity contribution in [2.75, 3.05) is 7.11 Å². The third-order valence-electron chi connectivity index (χ3n) is 2.40. The van der Waals surface area contributed by atoms with Gasteiger partial charge in [-0.05, 0) is 18.4 Å². The second-order valence-corrected chi connectivity index (χ2v) is 4.31. The first-order chi connectivity index (χ1) is 8.36. The number of ether oxygens (including phenoxy) is 1. The van der Waals surface area contributed by atoms with E-state index >= 15 is 0 Å². The maximum atomic E-state index is 13.7. The molecule has 0 N–H and O–H groups in total. The van der Waals surface area contributed by atoms with Crippen molar-refractivity contribution in [2.24, 2.45) is 5.92 Å². The fourth-order valence-electron chi connectivity index (χ4n) is 1.64. The van der Waals surface area contributed by atoms with Gasteiger partial charge in [-0.15, -0.1) is 0 Å². The van der Waals surface area contributed by atoms with Gasteiger partial charge in [0.2, 0.25) is 0 Å².